The van der Waals surface area contributed by atoms with E-state index >= 15 is 0 Å². The first kappa shape index (κ1) is 13.4. The second kappa shape index (κ2) is 4.91. The van der Waals surface area contributed by atoms with Crippen LogP contribution in [0.4, 0.5) is 5.69 Å². The highest BCUT2D eigenvalue weighted by Gasteiger charge is 2.30. The largest absolute Gasteiger partial charge is 0.396 e. The molecule has 0 spiro atoms. The number of nitrogens with two attached hydrogens (primary N) is 1. The molecule has 3 N–H and O–H groups in total. The first-order valence-corrected chi connectivity index (χ1v) is 6.24. The molecule has 0 bridgehead atoms. The van der Waals surface area contributed by atoms with Crippen LogP contribution in [0.5, 0.6) is 0 Å². The normalized spacial score (nSPS) is 19.0. The summed E-state index contributed by atoms with van der Waals surface area (Å²) >= 11 is 0. The van der Waals surface area contributed by atoms with Crippen molar-refractivity contribution in [3.05, 3.63) is 11.4 Å². The van der Waals surface area contributed by atoms with Gasteiger partial charge >= 0.3 is 0 Å². The lowest BCUT2D eigenvalue weighted by Crippen LogP contribution is -2.42. The van der Waals surface area contributed by atoms with Gasteiger partial charge in [-0.05, 0) is 20.3 Å². The summed E-state index contributed by atoms with van der Waals surface area (Å²) in [6.07, 6.45) is 0.653. The molecule has 7 nitrogen and oxygen atoms in total. The Labute approximate surface area is 111 Å². The average Bonchev–Trinajstić information content (AvgIpc) is 2.78. The van der Waals surface area contributed by atoms with Crippen LogP contribution in [0.15, 0.2) is 0 Å². The molecule has 1 aromatic rings. The van der Waals surface area contributed by atoms with Crippen LogP contribution in [-0.2, 0) is 16.1 Å². The van der Waals surface area contributed by atoms with Gasteiger partial charge in [0.05, 0.1) is 17.1 Å². The Morgan fingerprint density at radius 2 is 2.21 bits per heavy atom. The summed E-state index contributed by atoms with van der Waals surface area (Å²) in [5.74, 6) is -0.263. The second-order valence-corrected chi connectivity index (χ2v) is 4.91. The van der Waals surface area contributed by atoms with Crippen LogP contribution in [0.3, 0.4) is 0 Å². The number of carbonyl (C=O) groups is 2. The predicted molar refractivity (Wildman–Crippen MR) is 70.3 cm³/mol. The number of hydrogen-bond donors (Lipinski definition) is 2. The number of nitrogens with one attached hydrogen (secondary N) is 1. The van der Waals surface area contributed by atoms with Crippen molar-refractivity contribution in [3.8, 4) is 0 Å². The highest BCUT2D eigenvalue weighted by atomic mass is 16.2. The van der Waals surface area contributed by atoms with Crippen molar-refractivity contribution < 1.29 is 9.59 Å². The molecule has 7 heteroatoms. The Bertz CT molecular complexity index is 522. The van der Waals surface area contributed by atoms with Crippen LogP contribution in [0, 0.1) is 13.8 Å². The maximum atomic E-state index is 11.9. The molecule has 1 aliphatic rings. The lowest BCUT2D eigenvalue weighted by Gasteiger charge is -2.12. The van der Waals surface area contributed by atoms with Gasteiger partial charge in [0.2, 0.25) is 11.8 Å². The maximum Gasteiger partial charge on any atom is 0.244 e. The van der Waals surface area contributed by atoms with Gasteiger partial charge in [0.25, 0.3) is 0 Å². The van der Waals surface area contributed by atoms with Gasteiger partial charge in [-0.3, -0.25) is 14.3 Å². The molecule has 0 aliphatic carbocycles. The Hall–Kier alpha value is -2.05. The fraction of sp³-hybridized carbons (Fsp3) is 0.583. The summed E-state index contributed by atoms with van der Waals surface area (Å²) in [6.45, 7) is 4.37. The second-order valence-electron chi connectivity index (χ2n) is 4.91. The van der Waals surface area contributed by atoms with Crippen LogP contribution in [0.25, 0.3) is 0 Å². The molecule has 1 saturated heterocycles. The summed E-state index contributed by atoms with van der Waals surface area (Å²) in [5, 5.41) is 6.93. The molecular formula is C12H19N5O2. The number of anilines is 1. The molecule has 1 aliphatic heterocycles. The number of amides is 2. The predicted octanol–water partition coefficient (Wildman–Crippen LogP) is -0.571. The zero-order valence-electron chi connectivity index (χ0n) is 11.4. The monoisotopic (exact) mass is 265 g/mol. The van der Waals surface area contributed by atoms with E-state index in [1.807, 2.05) is 6.92 Å². The van der Waals surface area contributed by atoms with Crippen molar-refractivity contribution in [1.29, 1.82) is 0 Å². The van der Waals surface area contributed by atoms with Gasteiger partial charge in [0.1, 0.15) is 12.6 Å². The van der Waals surface area contributed by atoms with Crippen LogP contribution in [-0.4, -0.2) is 46.1 Å². The fourth-order valence-electron chi connectivity index (χ4n) is 2.20. The van der Waals surface area contributed by atoms with E-state index in [-0.39, 0.29) is 18.4 Å². The van der Waals surface area contributed by atoms with Crippen molar-refractivity contribution in [3.63, 3.8) is 0 Å². The molecule has 0 radical (unpaired) electrons. The molecule has 1 unspecified atom stereocenters. The molecule has 1 aromatic heterocycles. The molecule has 19 heavy (non-hydrogen) atoms. The van der Waals surface area contributed by atoms with Crippen LogP contribution in [0.1, 0.15) is 17.8 Å². The number of aromatic nitrogens is 2. The lowest BCUT2D eigenvalue weighted by molar-refractivity contribution is -0.132. The van der Waals surface area contributed by atoms with Crippen molar-refractivity contribution >= 4 is 17.5 Å². The minimum atomic E-state index is -0.410. The van der Waals surface area contributed by atoms with Crippen molar-refractivity contribution in [2.24, 2.45) is 0 Å². The van der Waals surface area contributed by atoms with Gasteiger partial charge in [-0.2, -0.15) is 5.10 Å². The summed E-state index contributed by atoms with van der Waals surface area (Å²) in [7, 11) is 1.73. The van der Waals surface area contributed by atoms with Gasteiger partial charge in [-0.15, -0.1) is 0 Å². The summed E-state index contributed by atoms with van der Waals surface area (Å²) in [4.78, 5) is 25.2. The van der Waals surface area contributed by atoms with Crippen molar-refractivity contribution in [2.75, 3.05) is 19.3 Å². The zero-order chi connectivity index (χ0) is 14.2. The van der Waals surface area contributed by atoms with E-state index < -0.39 is 6.04 Å². The van der Waals surface area contributed by atoms with Gasteiger partial charge in [-0.25, -0.2) is 0 Å². The molecule has 2 heterocycles. The zero-order valence-corrected chi connectivity index (χ0v) is 11.4. The molecule has 1 fully saturated rings. The van der Waals surface area contributed by atoms with E-state index in [1.165, 1.54) is 0 Å². The molecule has 0 saturated carbocycles. The van der Waals surface area contributed by atoms with Crippen LogP contribution >= 0.6 is 0 Å². The number of likely N-dealkylation sites (tertiary alicyclic amines) is 1. The number of nitrogens with zero attached hydrogens (tertiary/aromatic N) is 3. The minimum absolute atomic E-state index is 0.0405. The highest BCUT2D eigenvalue weighted by Crippen LogP contribution is 2.14. The average molecular weight is 265 g/mol. The number of carbonyl (C=O) groups excluding carboxylic acids is 2. The summed E-state index contributed by atoms with van der Waals surface area (Å²) in [5.41, 5.74) is 7.88. The van der Waals surface area contributed by atoms with Crippen molar-refractivity contribution in [1.82, 2.24) is 20.0 Å². The molecule has 1 atom stereocenters. The third kappa shape index (κ3) is 2.54. The SMILES string of the molecule is Cc1nn(CC(=O)NC2CCN(C)C2=O)c(C)c1N. The molecule has 2 amide bonds. The number of likely N-dealkylation sites (N-methyl/N-ethyl adjacent to an activating group) is 1. The number of nitrogen functional groups attached to an aromatic ring is 1. The van der Waals surface area contributed by atoms with E-state index in [9.17, 15) is 9.59 Å². The quantitative estimate of drug-likeness (QED) is 0.765. The van der Waals surface area contributed by atoms with E-state index in [2.05, 4.69) is 10.4 Å². The first-order valence-electron chi connectivity index (χ1n) is 6.24. The van der Waals surface area contributed by atoms with Gasteiger partial charge < -0.3 is 16.0 Å². The Balaban J connectivity index is 1.98. The maximum absolute atomic E-state index is 11.9. The fourth-order valence-corrected chi connectivity index (χ4v) is 2.20. The highest BCUT2D eigenvalue weighted by molar-refractivity contribution is 5.88. The number of hydrogen-bond acceptors (Lipinski definition) is 4. The van der Waals surface area contributed by atoms with Crippen LogP contribution in [0.2, 0.25) is 0 Å². The van der Waals surface area contributed by atoms with Gasteiger partial charge in [-0.1, -0.05) is 0 Å². The Morgan fingerprint density at radius 1 is 1.53 bits per heavy atom. The molecular weight excluding hydrogens is 246 g/mol. The molecule has 0 aromatic carbocycles. The molecule has 2 rings (SSSR count). The first-order chi connectivity index (χ1) is 8.90. The van der Waals surface area contributed by atoms with E-state index in [1.54, 1.807) is 23.6 Å². The van der Waals surface area contributed by atoms with E-state index in [0.29, 0.717) is 24.3 Å². The standard InChI is InChI=1S/C12H19N5O2/c1-7-11(13)8(2)17(15-7)6-10(18)14-9-4-5-16(3)12(9)19/h9H,4-6,13H2,1-3H3,(H,14,18). The summed E-state index contributed by atoms with van der Waals surface area (Å²) in [6, 6.07) is -0.410. The van der Waals surface area contributed by atoms with Crippen molar-refractivity contribution in [2.45, 2.75) is 32.9 Å². The minimum Gasteiger partial charge on any atom is -0.396 e. The van der Waals surface area contributed by atoms with Gasteiger partial charge in [0, 0.05) is 13.6 Å². The van der Waals surface area contributed by atoms with E-state index in [0.717, 1.165) is 5.69 Å². The number of rotatable bonds is 3. The van der Waals surface area contributed by atoms with E-state index in [4.69, 9.17) is 5.73 Å². The Kier molecular flexibility index (Phi) is 3.46. The van der Waals surface area contributed by atoms with Gasteiger partial charge in [0.15, 0.2) is 0 Å². The third-order valence-corrected chi connectivity index (χ3v) is 3.49. The third-order valence-electron chi connectivity index (χ3n) is 3.49. The van der Waals surface area contributed by atoms with Crippen LogP contribution < -0.4 is 11.1 Å². The smallest absolute Gasteiger partial charge is 0.244 e. The number of aryl methyl sites for hydroxylation is 1. The topological polar surface area (TPSA) is 93.2 Å². The summed E-state index contributed by atoms with van der Waals surface area (Å²) < 4.78 is 1.56. The molecule has 104 valence electrons. The lowest BCUT2D eigenvalue weighted by atomic mass is 10.2. The Morgan fingerprint density at radius 3 is 2.68 bits per heavy atom.